The van der Waals surface area contributed by atoms with Gasteiger partial charge in [-0.15, -0.1) is 5.75 Å². The smallest absolute Gasteiger partial charge is 1.00 e. The second-order valence-corrected chi connectivity index (χ2v) is 1.89. The molecule has 0 bridgehead atoms. The molecule has 0 aromatic heterocycles. The third kappa shape index (κ3) is 4.38. The van der Waals surface area contributed by atoms with E-state index in [9.17, 15) is 5.11 Å². The molecule has 1 rings (SSSR count). The fraction of sp³-hybridized carbons (Fsp3) is 0. The Balaban J connectivity index is 0. The first-order valence-electron chi connectivity index (χ1n) is 2.21. The maximum absolute atomic E-state index is 10.4. The van der Waals surface area contributed by atoms with Crippen molar-refractivity contribution in [2.75, 3.05) is 0 Å². The van der Waals surface area contributed by atoms with Gasteiger partial charge in [-0.25, -0.2) is 0 Å². The zero-order chi connectivity index (χ0) is 5.98. The van der Waals surface area contributed by atoms with Crippen molar-refractivity contribution in [3.63, 3.8) is 0 Å². The first-order chi connectivity index (χ1) is 3.79. The first kappa shape index (κ1) is 13.2. The van der Waals surface area contributed by atoms with Gasteiger partial charge in [0, 0.05) is 5.02 Å². The third-order valence-electron chi connectivity index (χ3n) is 0.814. The maximum atomic E-state index is 10.4. The number of benzene rings is 1. The minimum absolute atomic E-state index is 0. The quantitative estimate of drug-likeness (QED) is 0.476. The molecule has 50 valence electrons. The molecule has 1 aromatic carbocycles. The van der Waals surface area contributed by atoms with Crippen LogP contribution in [-0.2, 0) is 0 Å². The number of hydrogen-bond donors (Lipinski definition) is 0. The van der Waals surface area contributed by atoms with Crippen LogP contribution in [0.25, 0.3) is 0 Å². The molecule has 4 heteroatoms. The van der Waals surface area contributed by atoms with Gasteiger partial charge < -0.3 is 22.1 Å². The van der Waals surface area contributed by atoms with Crippen LogP contribution in [0.3, 0.4) is 0 Å². The number of halogens is 2. The Morgan fingerprint density at radius 1 is 1.10 bits per heavy atom. The Morgan fingerprint density at radius 3 is 1.80 bits per heavy atom. The molecule has 0 atom stereocenters. The van der Waals surface area contributed by atoms with Crippen molar-refractivity contribution in [1.82, 2.24) is 0 Å². The van der Waals surface area contributed by atoms with Gasteiger partial charge >= 0.3 is 23.1 Å². The minimum atomic E-state index is -0.00519. The van der Waals surface area contributed by atoms with E-state index in [1.807, 2.05) is 0 Å². The Bertz CT molecular complexity index is 157. The van der Waals surface area contributed by atoms with Crippen LogP contribution >= 0.6 is 11.6 Å². The molecule has 0 unspecified atom stereocenters. The van der Waals surface area contributed by atoms with E-state index in [-0.39, 0.29) is 45.8 Å². The molecule has 0 N–H and O–H groups in total. The van der Waals surface area contributed by atoms with E-state index >= 15 is 0 Å². The molecule has 0 aliphatic heterocycles. The average Bonchev–Trinajstić information content (AvgIpc) is 1.77. The molecule has 0 heterocycles. The summed E-state index contributed by atoms with van der Waals surface area (Å²) in [6, 6.07) is 6.01. The van der Waals surface area contributed by atoms with Gasteiger partial charge in [0.1, 0.15) is 0 Å². The van der Waals surface area contributed by atoms with Gasteiger partial charge in [-0.2, -0.15) is 0 Å². The van der Waals surface area contributed by atoms with Gasteiger partial charge in [-0.3, -0.25) is 0 Å². The Labute approximate surface area is 91.3 Å². The molecule has 0 fully saturated rings. The van der Waals surface area contributed by atoms with Crippen molar-refractivity contribution in [2.24, 2.45) is 0 Å². The van der Waals surface area contributed by atoms with E-state index < -0.39 is 0 Å². The van der Waals surface area contributed by atoms with Crippen LogP contribution in [0.4, 0.5) is 0 Å². The molecular formula is C6H4BrClMgO. The second kappa shape index (κ2) is 6.28. The zero-order valence-corrected chi connectivity index (χ0v) is 8.94. The summed E-state index contributed by atoms with van der Waals surface area (Å²) in [6.45, 7) is 0. The van der Waals surface area contributed by atoms with Gasteiger partial charge in [-0.05, 0) is 12.1 Å². The van der Waals surface area contributed by atoms with Gasteiger partial charge in [0.2, 0.25) is 0 Å². The number of rotatable bonds is 0. The van der Waals surface area contributed by atoms with Crippen molar-refractivity contribution >= 4 is 34.7 Å². The summed E-state index contributed by atoms with van der Waals surface area (Å²) in [4.78, 5) is 0. The number of hydrogen-bond acceptors (Lipinski definition) is 1. The first-order valence-corrected chi connectivity index (χ1v) is 2.59. The second-order valence-electron chi connectivity index (χ2n) is 1.45. The van der Waals surface area contributed by atoms with Crippen LogP contribution < -0.4 is 22.1 Å². The molecule has 1 nitrogen and oxygen atoms in total. The summed E-state index contributed by atoms with van der Waals surface area (Å²) < 4.78 is 0. The molecule has 0 aliphatic rings. The Hall–Kier alpha value is 0.556. The Morgan fingerprint density at radius 2 is 1.50 bits per heavy atom. The summed E-state index contributed by atoms with van der Waals surface area (Å²) >= 11 is 5.47. The SMILES string of the molecule is [Br-].[Mg+2].[O-]c1ccc(Cl)cc1. The topological polar surface area (TPSA) is 23.1 Å². The van der Waals surface area contributed by atoms with E-state index in [4.69, 9.17) is 11.6 Å². The van der Waals surface area contributed by atoms with Gasteiger partial charge in [0.25, 0.3) is 0 Å². The summed E-state index contributed by atoms with van der Waals surface area (Å²) in [5.41, 5.74) is 0. The summed E-state index contributed by atoms with van der Waals surface area (Å²) in [5, 5.41) is 11.0. The monoisotopic (exact) mass is 230 g/mol. The predicted molar refractivity (Wildman–Crippen MR) is 36.7 cm³/mol. The van der Waals surface area contributed by atoms with Crippen molar-refractivity contribution in [1.29, 1.82) is 0 Å². The molecule has 0 saturated carbocycles. The van der Waals surface area contributed by atoms with E-state index in [0.29, 0.717) is 5.02 Å². The van der Waals surface area contributed by atoms with Gasteiger partial charge in [0.15, 0.2) is 0 Å². The molecule has 0 spiro atoms. The standard InChI is InChI=1S/C6H5ClO.BrH.Mg/c7-5-1-3-6(8)4-2-5;;/h1-4,8H;1H;/q;;+2/p-2. The molecule has 0 amide bonds. The Kier molecular flexibility index (Phi) is 8.27. The molecule has 0 saturated heterocycles. The van der Waals surface area contributed by atoms with Crippen LogP contribution in [0, 0.1) is 0 Å². The van der Waals surface area contributed by atoms with E-state index in [1.54, 1.807) is 12.1 Å². The summed E-state index contributed by atoms with van der Waals surface area (Å²) in [6.07, 6.45) is 0. The van der Waals surface area contributed by atoms with Crippen LogP contribution in [0.1, 0.15) is 0 Å². The van der Waals surface area contributed by atoms with Crippen molar-refractivity contribution < 1.29 is 22.1 Å². The largest absolute Gasteiger partial charge is 2.00 e. The van der Waals surface area contributed by atoms with Crippen LogP contribution in [0.15, 0.2) is 24.3 Å². The van der Waals surface area contributed by atoms with Crippen molar-refractivity contribution in [2.45, 2.75) is 0 Å². The van der Waals surface area contributed by atoms with Crippen molar-refractivity contribution in [3.05, 3.63) is 29.3 Å². The minimum Gasteiger partial charge on any atom is -1.00 e. The van der Waals surface area contributed by atoms with E-state index in [0.717, 1.165) is 0 Å². The van der Waals surface area contributed by atoms with Crippen LogP contribution in [0.5, 0.6) is 5.75 Å². The summed E-state index contributed by atoms with van der Waals surface area (Å²) in [7, 11) is 0. The molecule has 0 radical (unpaired) electrons. The van der Waals surface area contributed by atoms with E-state index in [1.165, 1.54) is 12.1 Å². The zero-order valence-electron chi connectivity index (χ0n) is 5.18. The normalized spacial score (nSPS) is 7.30. The fourth-order valence-corrected chi connectivity index (χ4v) is 0.561. The maximum Gasteiger partial charge on any atom is 2.00 e. The van der Waals surface area contributed by atoms with Crippen LogP contribution in [-0.4, -0.2) is 23.1 Å². The average molecular weight is 232 g/mol. The van der Waals surface area contributed by atoms with E-state index in [2.05, 4.69) is 0 Å². The third-order valence-corrected chi connectivity index (χ3v) is 1.07. The van der Waals surface area contributed by atoms with Crippen LogP contribution in [0.2, 0.25) is 5.02 Å². The molecule has 0 aliphatic carbocycles. The summed E-state index contributed by atoms with van der Waals surface area (Å²) in [5.74, 6) is -0.00519. The molecular weight excluding hydrogens is 228 g/mol. The fourth-order valence-electron chi connectivity index (χ4n) is 0.435. The molecule has 1 aromatic rings. The van der Waals surface area contributed by atoms with Crippen molar-refractivity contribution in [3.8, 4) is 5.75 Å². The van der Waals surface area contributed by atoms with Gasteiger partial charge in [-0.1, -0.05) is 23.7 Å². The predicted octanol–water partition coefficient (Wildman–Crippen LogP) is -1.96. The molecule has 10 heavy (non-hydrogen) atoms. The van der Waals surface area contributed by atoms with Gasteiger partial charge in [0.05, 0.1) is 0 Å².